The zero-order valence-electron chi connectivity index (χ0n) is 37.6. The number of carbonyl (C=O) groups is 3. The van der Waals surface area contributed by atoms with Gasteiger partial charge in [0.2, 0.25) is 0 Å². The molecule has 1 unspecified atom stereocenters. The first-order valence-corrected chi connectivity index (χ1v) is 24.1. The van der Waals surface area contributed by atoms with Gasteiger partial charge in [-0.05, 0) is 44.9 Å². The van der Waals surface area contributed by atoms with Crippen molar-refractivity contribution in [3.8, 4) is 0 Å². The lowest BCUT2D eigenvalue weighted by Crippen LogP contribution is -2.30. The fourth-order valence-electron chi connectivity index (χ4n) is 6.75. The Bertz CT molecular complexity index is 1010. The van der Waals surface area contributed by atoms with Crippen molar-refractivity contribution in [3.63, 3.8) is 0 Å². The van der Waals surface area contributed by atoms with Crippen molar-refractivity contribution in [1.82, 2.24) is 0 Å². The summed E-state index contributed by atoms with van der Waals surface area (Å²) in [5, 5.41) is 0. The minimum atomic E-state index is -0.804. The van der Waals surface area contributed by atoms with Crippen molar-refractivity contribution in [3.05, 3.63) is 48.6 Å². The molecule has 0 saturated heterocycles. The summed E-state index contributed by atoms with van der Waals surface area (Å²) in [6, 6.07) is 0. The van der Waals surface area contributed by atoms with Gasteiger partial charge in [0, 0.05) is 19.3 Å². The van der Waals surface area contributed by atoms with Crippen molar-refractivity contribution in [1.29, 1.82) is 0 Å². The van der Waals surface area contributed by atoms with Crippen molar-refractivity contribution in [2.24, 2.45) is 0 Å². The third-order valence-corrected chi connectivity index (χ3v) is 10.4. The van der Waals surface area contributed by atoms with E-state index < -0.39 is 6.10 Å². The van der Waals surface area contributed by atoms with Crippen molar-refractivity contribution in [2.75, 3.05) is 13.2 Å². The number of hydrogen-bond acceptors (Lipinski definition) is 6. The Morgan fingerprint density at radius 3 is 1.04 bits per heavy atom. The van der Waals surface area contributed by atoms with Crippen LogP contribution >= 0.6 is 0 Å². The molecule has 57 heavy (non-hydrogen) atoms. The van der Waals surface area contributed by atoms with Crippen LogP contribution in [0.3, 0.4) is 0 Å². The third kappa shape index (κ3) is 44.3. The first-order chi connectivity index (χ1) is 28.0. The molecule has 0 rings (SSSR count). The number of rotatable bonds is 43. The lowest BCUT2D eigenvalue weighted by atomic mass is 10.0. The predicted octanol–water partition coefficient (Wildman–Crippen LogP) is 15.5. The summed E-state index contributed by atoms with van der Waals surface area (Å²) in [6.07, 6.45) is 53.9. The van der Waals surface area contributed by atoms with Crippen LogP contribution in [-0.4, -0.2) is 37.2 Å². The Balaban J connectivity index is 4.43. The monoisotopic (exact) mass is 799 g/mol. The van der Waals surface area contributed by atoms with E-state index in [2.05, 4.69) is 57.2 Å². The molecule has 0 saturated carbocycles. The van der Waals surface area contributed by atoms with Crippen LogP contribution in [0.5, 0.6) is 0 Å². The second-order valence-electron chi connectivity index (χ2n) is 16.0. The van der Waals surface area contributed by atoms with Gasteiger partial charge in [0.05, 0.1) is 0 Å². The van der Waals surface area contributed by atoms with E-state index in [1.165, 1.54) is 128 Å². The van der Waals surface area contributed by atoms with Crippen LogP contribution in [0.4, 0.5) is 0 Å². The summed E-state index contributed by atoms with van der Waals surface area (Å²) < 4.78 is 16.7. The standard InChI is InChI=1S/C51H90O6/c1-4-7-10-13-16-19-22-24-25-27-29-32-35-38-41-44-50(53)56-47-48(46-55-49(52)43-40-37-34-31-28-21-18-15-12-9-6-3)57-51(54)45-42-39-36-33-30-26-23-20-17-14-11-8-5-2/h8,11,17,20,26,30,36,39,48H,4-7,9-10,12-16,18-19,21-25,27-29,31-35,37-38,40-47H2,1-3H3/b11-8-,20-17-,30-26-,39-36-. The topological polar surface area (TPSA) is 78.9 Å². The summed E-state index contributed by atoms with van der Waals surface area (Å²) in [5.74, 6) is -0.976. The first kappa shape index (κ1) is 54.4. The van der Waals surface area contributed by atoms with E-state index in [1.807, 2.05) is 12.2 Å². The van der Waals surface area contributed by atoms with Gasteiger partial charge in [-0.2, -0.15) is 0 Å². The molecule has 0 amide bonds. The molecule has 0 aliphatic rings. The molecule has 0 aliphatic carbocycles. The van der Waals surface area contributed by atoms with Crippen LogP contribution in [0.1, 0.15) is 239 Å². The Morgan fingerprint density at radius 1 is 0.368 bits per heavy atom. The molecule has 6 nitrogen and oxygen atoms in total. The van der Waals surface area contributed by atoms with Gasteiger partial charge in [-0.15, -0.1) is 0 Å². The van der Waals surface area contributed by atoms with Gasteiger partial charge in [0.15, 0.2) is 6.10 Å². The number of esters is 3. The van der Waals surface area contributed by atoms with Crippen molar-refractivity contribution < 1.29 is 28.6 Å². The lowest BCUT2D eigenvalue weighted by Gasteiger charge is -2.18. The normalized spacial score (nSPS) is 12.4. The molecule has 0 aromatic carbocycles. The molecule has 0 aromatic rings. The highest BCUT2D eigenvalue weighted by Gasteiger charge is 2.19. The summed E-state index contributed by atoms with van der Waals surface area (Å²) in [5.41, 5.74) is 0. The highest BCUT2D eigenvalue weighted by Crippen LogP contribution is 2.15. The minimum Gasteiger partial charge on any atom is -0.462 e. The summed E-state index contributed by atoms with van der Waals surface area (Å²) >= 11 is 0. The molecule has 0 fully saturated rings. The van der Waals surface area contributed by atoms with E-state index in [1.54, 1.807) is 0 Å². The van der Waals surface area contributed by atoms with E-state index in [0.29, 0.717) is 19.3 Å². The number of hydrogen-bond donors (Lipinski definition) is 0. The summed E-state index contributed by atoms with van der Waals surface area (Å²) in [4.78, 5) is 37.8. The van der Waals surface area contributed by atoms with Gasteiger partial charge in [-0.3, -0.25) is 14.4 Å². The molecule has 0 aliphatic heterocycles. The molecule has 0 spiro atoms. The maximum Gasteiger partial charge on any atom is 0.306 e. The molecule has 0 N–H and O–H groups in total. The van der Waals surface area contributed by atoms with Gasteiger partial charge >= 0.3 is 17.9 Å². The average molecular weight is 799 g/mol. The van der Waals surface area contributed by atoms with Gasteiger partial charge in [0.1, 0.15) is 13.2 Å². The van der Waals surface area contributed by atoms with Crippen LogP contribution in [0.2, 0.25) is 0 Å². The van der Waals surface area contributed by atoms with Gasteiger partial charge < -0.3 is 14.2 Å². The largest absolute Gasteiger partial charge is 0.462 e. The number of ether oxygens (including phenoxy) is 3. The molecular formula is C51H90O6. The van der Waals surface area contributed by atoms with Crippen LogP contribution in [-0.2, 0) is 28.6 Å². The van der Waals surface area contributed by atoms with Gasteiger partial charge in [0.25, 0.3) is 0 Å². The van der Waals surface area contributed by atoms with Crippen molar-refractivity contribution in [2.45, 2.75) is 245 Å². The quantitative estimate of drug-likeness (QED) is 0.0265. The zero-order chi connectivity index (χ0) is 41.5. The number of unbranched alkanes of at least 4 members (excludes halogenated alkanes) is 24. The van der Waals surface area contributed by atoms with Gasteiger partial charge in [-0.1, -0.05) is 223 Å². The van der Waals surface area contributed by atoms with E-state index in [-0.39, 0.29) is 37.5 Å². The summed E-state index contributed by atoms with van der Waals surface area (Å²) in [6.45, 7) is 6.46. The Kier molecular flexibility index (Phi) is 43.9. The number of carbonyl (C=O) groups excluding carboxylic acids is 3. The fourth-order valence-corrected chi connectivity index (χ4v) is 6.75. The molecular weight excluding hydrogens is 709 g/mol. The second-order valence-corrected chi connectivity index (χ2v) is 16.0. The molecule has 330 valence electrons. The highest BCUT2D eigenvalue weighted by molar-refractivity contribution is 5.71. The SMILES string of the molecule is CC/C=C\C/C=C\C/C=C\C/C=C\CCC(=O)OC(COC(=O)CCCCCCCCCCCCC)COC(=O)CCCCCCCCCCCCCCCCC. The summed E-state index contributed by atoms with van der Waals surface area (Å²) in [7, 11) is 0. The average Bonchev–Trinajstić information content (AvgIpc) is 3.21. The van der Waals surface area contributed by atoms with E-state index in [9.17, 15) is 14.4 Å². The molecule has 6 heteroatoms. The molecule has 0 aromatic heterocycles. The lowest BCUT2D eigenvalue weighted by molar-refractivity contribution is -0.166. The maximum atomic E-state index is 12.7. The van der Waals surface area contributed by atoms with Crippen LogP contribution in [0, 0.1) is 0 Å². The highest BCUT2D eigenvalue weighted by atomic mass is 16.6. The van der Waals surface area contributed by atoms with E-state index >= 15 is 0 Å². The van der Waals surface area contributed by atoms with Crippen LogP contribution in [0.25, 0.3) is 0 Å². The second kappa shape index (κ2) is 46.1. The van der Waals surface area contributed by atoms with Crippen LogP contribution in [0.15, 0.2) is 48.6 Å². The van der Waals surface area contributed by atoms with Gasteiger partial charge in [-0.25, -0.2) is 0 Å². The molecule has 0 heterocycles. The van der Waals surface area contributed by atoms with Crippen molar-refractivity contribution >= 4 is 17.9 Å². The Hall–Kier alpha value is -2.63. The third-order valence-electron chi connectivity index (χ3n) is 10.4. The van der Waals surface area contributed by atoms with E-state index in [0.717, 1.165) is 64.2 Å². The Morgan fingerprint density at radius 2 is 0.684 bits per heavy atom. The molecule has 0 radical (unpaired) electrons. The fraction of sp³-hybridized carbons (Fsp3) is 0.784. The molecule has 0 bridgehead atoms. The van der Waals surface area contributed by atoms with E-state index in [4.69, 9.17) is 14.2 Å². The maximum absolute atomic E-state index is 12.7. The smallest absolute Gasteiger partial charge is 0.306 e. The van der Waals surface area contributed by atoms with Crippen LogP contribution < -0.4 is 0 Å². The predicted molar refractivity (Wildman–Crippen MR) is 242 cm³/mol. The number of allylic oxidation sites excluding steroid dienone is 8. The Labute approximate surface area is 352 Å². The zero-order valence-corrected chi connectivity index (χ0v) is 37.6. The molecule has 1 atom stereocenters. The minimum absolute atomic E-state index is 0.0982. The first-order valence-electron chi connectivity index (χ1n) is 24.1.